The molecule has 2 fully saturated rings. The van der Waals surface area contributed by atoms with Crippen molar-refractivity contribution in [2.75, 3.05) is 0 Å². The second-order valence-corrected chi connectivity index (χ2v) is 6.45. The lowest BCUT2D eigenvalue weighted by Gasteiger charge is -2.34. The van der Waals surface area contributed by atoms with E-state index in [-0.39, 0.29) is 24.4 Å². The van der Waals surface area contributed by atoms with Crippen molar-refractivity contribution in [1.29, 1.82) is 0 Å². The van der Waals surface area contributed by atoms with Gasteiger partial charge in [-0.15, -0.1) is 0 Å². The van der Waals surface area contributed by atoms with Gasteiger partial charge in [0.15, 0.2) is 0 Å². The molecular weight excluding hydrogens is 256 g/mol. The number of carboxylic acids is 1. The van der Waals surface area contributed by atoms with Crippen molar-refractivity contribution in [2.45, 2.75) is 76.3 Å². The van der Waals surface area contributed by atoms with Gasteiger partial charge in [-0.05, 0) is 25.7 Å². The number of rotatable bonds is 4. The smallest absolute Gasteiger partial charge is 0.310 e. The molecule has 0 aromatic rings. The molecule has 2 rings (SSSR count). The van der Waals surface area contributed by atoms with E-state index in [2.05, 4.69) is 5.32 Å². The van der Waals surface area contributed by atoms with E-state index in [1.165, 1.54) is 0 Å². The highest BCUT2D eigenvalue weighted by molar-refractivity contribution is 5.85. The fraction of sp³-hybridized carbons (Fsp3) is 0.867. The third-order valence-electron chi connectivity index (χ3n) is 4.93. The van der Waals surface area contributed by atoms with Crippen LogP contribution in [0.25, 0.3) is 0 Å². The number of amides is 1. The molecule has 2 unspecified atom stereocenters. The summed E-state index contributed by atoms with van der Waals surface area (Å²) in [6.07, 6.45) is 8.27. The Morgan fingerprint density at radius 1 is 1.10 bits per heavy atom. The van der Waals surface area contributed by atoms with Crippen LogP contribution < -0.4 is 11.1 Å². The summed E-state index contributed by atoms with van der Waals surface area (Å²) in [5.74, 6) is -0.961. The van der Waals surface area contributed by atoms with Crippen molar-refractivity contribution in [3.05, 3.63) is 0 Å². The standard InChI is InChI=1S/C15H26N2O3/c16-11-6-2-3-7-12(11)17-13(18)10-15(14(19)20)8-4-1-5-9-15/h11-12H,1-10,16H2,(H,17,18)(H,19,20). The van der Waals surface area contributed by atoms with E-state index >= 15 is 0 Å². The molecule has 5 nitrogen and oxygen atoms in total. The van der Waals surface area contributed by atoms with Gasteiger partial charge in [-0.3, -0.25) is 9.59 Å². The van der Waals surface area contributed by atoms with E-state index in [1.54, 1.807) is 0 Å². The van der Waals surface area contributed by atoms with Gasteiger partial charge in [-0.25, -0.2) is 0 Å². The minimum atomic E-state index is -0.846. The van der Waals surface area contributed by atoms with Crippen LogP contribution in [0, 0.1) is 5.41 Å². The van der Waals surface area contributed by atoms with Gasteiger partial charge in [0.2, 0.25) is 5.91 Å². The summed E-state index contributed by atoms with van der Waals surface area (Å²) in [6, 6.07) is 0.0329. The number of hydrogen-bond donors (Lipinski definition) is 3. The Balaban J connectivity index is 1.93. The van der Waals surface area contributed by atoms with Crippen molar-refractivity contribution < 1.29 is 14.7 Å². The van der Waals surface area contributed by atoms with Gasteiger partial charge in [-0.1, -0.05) is 32.1 Å². The average Bonchev–Trinajstić information content (AvgIpc) is 2.42. The maximum absolute atomic E-state index is 12.2. The van der Waals surface area contributed by atoms with E-state index in [0.29, 0.717) is 12.8 Å². The highest BCUT2D eigenvalue weighted by atomic mass is 16.4. The Kier molecular flexibility index (Phi) is 5.02. The first-order valence-corrected chi connectivity index (χ1v) is 7.82. The Labute approximate surface area is 120 Å². The molecule has 0 spiro atoms. The van der Waals surface area contributed by atoms with Gasteiger partial charge in [0.25, 0.3) is 0 Å². The quantitative estimate of drug-likeness (QED) is 0.733. The number of carboxylic acid groups (broad SMARTS) is 1. The summed E-state index contributed by atoms with van der Waals surface area (Å²) >= 11 is 0. The molecular formula is C15H26N2O3. The van der Waals surface area contributed by atoms with Crippen LogP contribution in [0.1, 0.15) is 64.2 Å². The van der Waals surface area contributed by atoms with Crippen LogP contribution in [-0.4, -0.2) is 29.1 Å². The van der Waals surface area contributed by atoms with Crippen LogP contribution in [0.4, 0.5) is 0 Å². The van der Waals surface area contributed by atoms with Crippen LogP contribution in [-0.2, 0) is 9.59 Å². The van der Waals surface area contributed by atoms with Gasteiger partial charge < -0.3 is 16.2 Å². The van der Waals surface area contributed by atoms with Crippen LogP contribution in [0.15, 0.2) is 0 Å². The Hall–Kier alpha value is -1.10. The molecule has 0 bridgehead atoms. The molecule has 4 N–H and O–H groups in total. The molecule has 114 valence electrons. The predicted molar refractivity (Wildman–Crippen MR) is 76.1 cm³/mol. The zero-order valence-electron chi connectivity index (χ0n) is 12.1. The van der Waals surface area contributed by atoms with Crippen LogP contribution in [0.5, 0.6) is 0 Å². The van der Waals surface area contributed by atoms with E-state index in [9.17, 15) is 14.7 Å². The predicted octanol–water partition coefficient (Wildman–Crippen LogP) is 1.80. The van der Waals surface area contributed by atoms with Gasteiger partial charge >= 0.3 is 5.97 Å². The summed E-state index contributed by atoms with van der Waals surface area (Å²) in [6.45, 7) is 0. The fourth-order valence-electron chi connectivity index (χ4n) is 3.60. The Bertz CT molecular complexity index is 364. The molecule has 5 heteroatoms. The lowest BCUT2D eigenvalue weighted by Crippen LogP contribution is -2.50. The number of hydrogen-bond acceptors (Lipinski definition) is 3. The monoisotopic (exact) mass is 282 g/mol. The Morgan fingerprint density at radius 3 is 2.35 bits per heavy atom. The normalized spacial score (nSPS) is 29.6. The molecule has 0 heterocycles. The maximum atomic E-state index is 12.2. The summed E-state index contributed by atoms with van der Waals surface area (Å²) in [7, 11) is 0. The van der Waals surface area contributed by atoms with Crippen molar-refractivity contribution >= 4 is 11.9 Å². The first kappa shape index (κ1) is 15.3. The van der Waals surface area contributed by atoms with Crippen molar-refractivity contribution in [1.82, 2.24) is 5.32 Å². The largest absolute Gasteiger partial charge is 0.481 e. The molecule has 0 aromatic heterocycles. The van der Waals surface area contributed by atoms with Gasteiger partial charge in [0.05, 0.1) is 5.41 Å². The van der Waals surface area contributed by atoms with E-state index in [1.807, 2.05) is 0 Å². The molecule has 2 atom stereocenters. The second-order valence-electron chi connectivity index (χ2n) is 6.45. The molecule has 2 aliphatic rings. The summed E-state index contributed by atoms with van der Waals surface area (Å²) in [5.41, 5.74) is 5.18. The van der Waals surface area contributed by atoms with Crippen molar-refractivity contribution in [3.63, 3.8) is 0 Å². The molecule has 2 saturated carbocycles. The number of carbonyl (C=O) groups is 2. The van der Waals surface area contributed by atoms with Gasteiger partial charge in [-0.2, -0.15) is 0 Å². The fourth-order valence-corrected chi connectivity index (χ4v) is 3.60. The molecule has 2 aliphatic carbocycles. The third-order valence-corrected chi connectivity index (χ3v) is 4.93. The van der Waals surface area contributed by atoms with E-state index in [4.69, 9.17) is 5.73 Å². The van der Waals surface area contributed by atoms with Gasteiger partial charge in [0.1, 0.15) is 0 Å². The number of nitrogens with one attached hydrogen (secondary N) is 1. The zero-order valence-corrected chi connectivity index (χ0v) is 12.1. The SMILES string of the molecule is NC1CCCCC1NC(=O)CC1(C(=O)O)CCCCC1. The lowest BCUT2D eigenvalue weighted by atomic mass is 9.71. The minimum absolute atomic E-state index is 0.0137. The zero-order chi connectivity index (χ0) is 14.6. The maximum Gasteiger partial charge on any atom is 0.310 e. The van der Waals surface area contributed by atoms with E-state index < -0.39 is 11.4 Å². The summed E-state index contributed by atoms with van der Waals surface area (Å²) < 4.78 is 0. The summed E-state index contributed by atoms with van der Waals surface area (Å²) in [5, 5.41) is 12.5. The second kappa shape index (κ2) is 6.57. The third kappa shape index (κ3) is 3.51. The lowest BCUT2D eigenvalue weighted by molar-refractivity contribution is -0.154. The minimum Gasteiger partial charge on any atom is -0.481 e. The average molecular weight is 282 g/mol. The van der Waals surface area contributed by atoms with Crippen LogP contribution in [0.3, 0.4) is 0 Å². The molecule has 0 saturated heterocycles. The Morgan fingerprint density at radius 2 is 1.75 bits per heavy atom. The molecule has 0 aromatic carbocycles. The molecule has 1 amide bonds. The van der Waals surface area contributed by atoms with E-state index in [0.717, 1.165) is 44.9 Å². The topological polar surface area (TPSA) is 92.4 Å². The summed E-state index contributed by atoms with van der Waals surface area (Å²) in [4.78, 5) is 23.8. The highest BCUT2D eigenvalue weighted by Crippen LogP contribution is 2.39. The van der Waals surface area contributed by atoms with Gasteiger partial charge in [0, 0.05) is 18.5 Å². The van der Waals surface area contributed by atoms with Crippen LogP contribution in [0.2, 0.25) is 0 Å². The first-order chi connectivity index (χ1) is 9.53. The highest BCUT2D eigenvalue weighted by Gasteiger charge is 2.41. The molecule has 0 aliphatic heterocycles. The first-order valence-electron chi connectivity index (χ1n) is 7.82. The number of carbonyl (C=O) groups excluding carboxylic acids is 1. The van der Waals surface area contributed by atoms with Crippen molar-refractivity contribution in [2.24, 2.45) is 11.1 Å². The molecule has 20 heavy (non-hydrogen) atoms. The van der Waals surface area contributed by atoms with Crippen LogP contribution >= 0.6 is 0 Å². The molecule has 0 radical (unpaired) electrons. The number of nitrogens with two attached hydrogens (primary N) is 1. The van der Waals surface area contributed by atoms with Crippen molar-refractivity contribution in [3.8, 4) is 0 Å². The number of aliphatic carboxylic acids is 1.